The zero-order valence-electron chi connectivity index (χ0n) is 11.4. The number of halogens is 1. The molecule has 0 amide bonds. The fourth-order valence-electron chi connectivity index (χ4n) is 2.57. The van der Waals surface area contributed by atoms with Crippen LogP contribution >= 0.6 is 0 Å². The van der Waals surface area contributed by atoms with Crippen molar-refractivity contribution in [2.45, 2.75) is 31.5 Å². The van der Waals surface area contributed by atoms with Crippen LogP contribution in [0.3, 0.4) is 0 Å². The normalized spacial score (nSPS) is 19.5. The van der Waals surface area contributed by atoms with Gasteiger partial charge in [-0.15, -0.1) is 0 Å². The summed E-state index contributed by atoms with van der Waals surface area (Å²) in [5, 5.41) is 10.0. The molecule has 4 heteroatoms. The van der Waals surface area contributed by atoms with Crippen molar-refractivity contribution in [3.63, 3.8) is 0 Å². The van der Waals surface area contributed by atoms with Crippen LogP contribution < -0.4 is 0 Å². The Morgan fingerprint density at radius 2 is 2.05 bits per heavy atom. The summed E-state index contributed by atoms with van der Waals surface area (Å²) in [5.74, 6) is -0.326. The lowest BCUT2D eigenvalue weighted by Gasteiger charge is -2.31. The van der Waals surface area contributed by atoms with E-state index in [0.717, 1.165) is 32.5 Å². The molecule has 1 atom stereocenters. The highest BCUT2D eigenvalue weighted by atomic mass is 19.1. The van der Waals surface area contributed by atoms with Crippen molar-refractivity contribution in [1.82, 2.24) is 4.90 Å². The van der Waals surface area contributed by atoms with Crippen molar-refractivity contribution in [3.8, 4) is 0 Å². The molecule has 19 heavy (non-hydrogen) atoms. The molecule has 1 aromatic carbocycles. The molecule has 0 aliphatic carbocycles. The molecule has 1 aliphatic heterocycles. The molecule has 1 fully saturated rings. The fraction of sp³-hybridized carbons (Fsp3) is 0.600. The predicted molar refractivity (Wildman–Crippen MR) is 72.4 cm³/mol. The first kappa shape index (κ1) is 14.4. The van der Waals surface area contributed by atoms with Gasteiger partial charge in [-0.05, 0) is 25.3 Å². The summed E-state index contributed by atoms with van der Waals surface area (Å²) in [6.45, 7) is 2.77. The molecule has 1 aliphatic rings. The summed E-state index contributed by atoms with van der Waals surface area (Å²) < 4.78 is 18.8. The van der Waals surface area contributed by atoms with E-state index >= 15 is 0 Å². The van der Waals surface area contributed by atoms with E-state index in [2.05, 4.69) is 4.90 Å². The largest absolute Gasteiger partial charge is 0.388 e. The first-order valence-corrected chi connectivity index (χ1v) is 6.88. The molecule has 1 saturated heterocycles. The Bertz CT molecular complexity index is 391. The standard InChI is InChI=1S/C15H22FNO2/c1-19-12-6-9-17(10-7-12)11-8-15(18)13-4-2-3-5-14(13)16/h2-5,12,15,18H,6-11H2,1H3. The number of aliphatic hydroxyl groups excluding tert-OH is 1. The number of rotatable bonds is 5. The van der Waals surface area contributed by atoms with Gasteiger partial charge in [-0.3, -0.25) is 0 Å². The first-order valence-electron chi connectivity index (χ1n) is 6.88. The van der Waals surface area contributed by atoms with Gasteiger partial charge in [0.05, 0.1) is 12.2 Å². The van der Waals surface area contributed by atoms with Crippen LogP contribution in [-0.4, -0.2) is 42.9 Å². The highest BCUT2D eigenvalue weighted by molar-refractivity contribution is 5.19. The zero-order valence-corrected chi connectivity index (χ0v) is 11.4. The second-order valence-electron chi connectivity index (χ2n) is 5.10. The van der Waals surface area contributed by atoms with Crippen molar-refractivity contribution in [2.75, 3.05) is 26.7 Å². The lowest BCUT2D eigenvalue weighted by atomic mass is 10.0. The summed E-state index contributed by atoms with van der Waals surface area (Å²) in [5.41, 5.74) is 0.397. The molecule has 0 aromatic heterocycles. The van der Waals surface area contributed by atoms with Crippen LogP contribution in [0.5, 0.6) is 0 Å². The quantitative estimate of drug-likeness (QED) is 0.889. The van der Waals surface area contributed by atoms with Crippen LogP contribution in [0.1, 0.15) is 30.9 Å². The van der Waals surface area contributed by atoms with Crippen molar-refractivity contribution in [1.29, 1.82) is 0 Å². The molecule has 0 spiro atoms. The van der Waals surface area contributed by atoms with Crippen molar-refractivity contribution in [3.05, 3.63) is 35.6 Å². The highest BCUT2D eigenvalue weighted by Gasteiger charge is 2.20. The number of hydrogen-bond donors (Lipinski definition) is 1. The molecule has 0 saturated carbocycles. The van der Waals surface area contributed by atoms with Gasteiger partial charge in [0.2, 0.25) is 0 Å². The van der Waals surface area contributed by atoms with Gasteiger partial charge in [0.1, 0.15) is 5.82 Å². The van der Waals surface area contributed by atoms with Gasteiger partial charge in [0, 0.05) is 32.3 Å². The van der Waals surface area contributed by atoms with E-state index in [1.54, 1.807) is 25.3 Å². The third kappa shape index (κ3) is 4.00. The molecular weight excluding hydrogens is 245 g/mol. The summed E-state index contributed by atoms with van der Waals surface area (Å²) in [7, 11) is 1.75. The molecule has 1 unspecified atom stereocenters. The number of aliphatic hydroxyl groups is 1. The van der Waals surface area contributed by atoms with Crippen molar-refractivity contribution >= 4 is 0 Å². The Morgan fingerprint density at radius 3 is 2.68 bits per heavy atom. The SMILES string of the molecule is COC1CCN(CCC(O)c2ccccc2F)CC1. The van der Waals surface area contributed by atoms with E-state index in [9.17, 15) is 9.50 Å². The minimum Gasteiger partial charge on any atom is -0.388 e. The lowest BCUT2D eigenvalue weighted by Crippen LogP contribution is -2.37. The van der Waals surface area contributed by atoms with Crippen LogP contribution in [0.15, 0.2) is 24.3 Å². The van der Waals surface area contributed by atoms with E-state index in [0.29, 0.717) is 18.1 Å². The van der Waals surface area contributed by atoms with Gasteiger partial charge < -0.3 is 14.7 Å². The predicted octanol–water partition coefficient (Wildman–Crippen LogP) is 2.36. The van der Waals surface area contributed by atoms with Gasteiger partial charge >= 0.3 is 0 Å². The first-order chi connectivity index (χ1) is 9.20. The van der Waals surface area contributed by atoms with Crippen molar-refractivity contribution in [2.24, 2.45) is 0 Å². The molecule has 106 valence electrons. The number of methoxy groups -OCH3 is 1. The average molecular weight is 267 g/mol. The fourth-order valence-corrected chi connectivity index (χ4v) is 2.57. The van der Waals surface area contributed by atoms with Gasteiger partial charge in [-0.25, -0.2) is 4.39 Å². The van der Waals surface area contributed by atoms with E-state index in [4.69, 9.17) is 4.74 Å². The maximum atomic E-state index is 13.5. The number of hydrogen-bond acceptors (Lipinski definition) is 3. The molecule has 0 bridgehead atoms. The molecule has 0 radical (unpaired) electrons. The number of piperidine rings is 1. The summed E-state index contributed by atoms with van der Waals surface area (Å²) in [6, 6.07) is 6.44. The number of ether oxygens (including phenoxy) is 1. The van der Waals surface area contributed by atoms with Gasteiger partial charge in [-0.2, -0.15) is 0 Å². The minimum atomic E-state index is -0.721. The van der Waals surface area contributed by atoms with Gasteiger partial charge in [0.15, 0.2) is 0 Å². The molecule has 2 rings (SSSR count). The van der Waals surface area contributed by atoms with E-state index in [-0.39, 0.29) is 5.82 Å². The third-order valence-electron chi connectivity index (χ3n) is 3.85. The Kier molecular flexibility index (Phi) is 5.31. The Morgan fingerprint density at radius 1 is 1.37 bits per heavy atom. The topological polar surface area (TPSA) is 32.7 Å². The second-order valence-corrected chi connectivity index (χ2v) is 5.10. The molecular formula is C15H22FNO2. The van der Waals surface area contributed by atoms with E-state index in [1.165, 1.54) is 6.07 Å². The lowest BCUT2D eigenvalue weighted by molar-refractivity contribution is 0.0359. The monoisotopic (exact) mass is 267 g/mol. The van der Waals surface area contributed by atoms with Crippen LogP contribution in [0.4, 0.5) is 4.39 Å². The molecule has 3 nitrogen and oxygen atoms in total. The Balaban J connectivity index is 1.78. The maximum Gasteiger partial charge on any atom is 0.128 e. The van der Waals surface area contributed by atoms with Crippen LogP contribution in [0.2, 0.25) is 0 Å². The van der Waals surface area contributed by atoms with Crippen LogP contribution in [-0.2, 0) is 4.74 Å². The second kappa shape index (κ2) is 6.98. The van der Waals surface area contributed by atoms with E-state index in [1.807, 2.05) is 0 Å². The smallest absolute Gasteiger partial charge is 0.128 e. The molecule has 1 N–H and O–H groups in total. The number of likely N-dealkylation sites (tertiary alicyclic amines) is 1. The van der Waals surface area contributed by atoms with Gasteiger partial charge in [-0.1, -0.05) is 18.2 Å². The Hall–Kier alpha value is -0.970. The number of benzene rings is 1. The van der Waals surface area contributed by atoms with Crippen LogP contribution in [0.25, 0.3) is 0 Å². The van der Waals surface area contributed by atoms with Crippen LogP contribution in [0, 0.1) is 5.82 Å². The Labute approximate surface area is 114 Å². The summed E-state index contributed by atoms with van der Waals surface area (Å²) >= 11 is 0. The summed E-state index contributed by atoms with van der Waals surface area (Å²) in [4.78, 5) is 2.31. The average Bonchev–Trinajstić information content (AvgIpc) is 2.46. The molecule has 1 heterocycles. The van der Waals surface area contributed by atoms with Crippen molar-refractivity contribution < 1.29 is 14.2 Å². The maximum absolute atomic E-state index is 13.5. The number of nitrogens with zero attached hydrogens (tertiary/aromatic N) is 1. The van der Waals surface area contributed by atoms with Gasteiger partial charge in [0.25, 0.3) is 0 Å². The highest BCUT2D eigenvalue weighted by Crippen LogP contribution is 2.21. The minimum absolute atomic E-state index is 0.326. The zero-order chi connectivity index (χ0) is 13.7. The van der Waals surface area contributed by atoms with E-state index < -0.39 is 6.10 Å². The third-order valence-corrected chi connectivity index (χ3v) is 3.85. The molecule has 1 aromatic rings. The summed E-state index contributed by atoms with van der Waals surface area (Å²) in [6.07, 6.45) is 2.28.